The molecule has 6 heteroatoms. The first kappa shape index (κ1) is 37.5. The number of rotatable bonds is 0. The molecule has 0 saturated carbocycles. The molecule has 4 aromatic heterocycles. The maximum Gasteiger partial charge on any atom is 0.333 e. The minimum atomic E-state index is -0.0809. The average Bonchev–Trinajstić information content (AvgIpc) is 4.31. The molecule has 0 bridgehead atoms. The van der Waals surface area contributed by atoms with E-state index in [-0.39, 0.29) is 13.7 Å². The van der Waals surface area contributed by atoms with Crippen LogP contribution in [0, 0.1) is 13.8 Å². The number of nitrogens with zero attached hydrogens (tertiary/aromatic N) is 4. The summed E-state index contributed by atoms with van der Waals surface area (Å²) in [5.74, 6) is 0. The standard InChI is InChI=1S/C68H38B2N4/c1-35-25-29-53-61-55(35)45-21-11-23-47-63(45)73(69(61)49-33-39-15-5-9-19-43(39)59-57-41-17-7-3-13-37(41)27-31-51(57)71(53)67(49)59)66-48-24-12-22-46-56-36(2)26-30-54-62(56)70(74(64(46)48)65(47)66)50-34-40-16-6-10-20-44(40)60-58-42-18-8-4-14-38(42)28-32-52(58)72(54)68(50)60/h3-34H,1-2H3. The van der Waals surface area contributed by atoms with E-state index in [0.29, 0.717) is 0 Å². The fourth-order valence-corrected chi connectivity index (χ4v) is 16.1. The molecule has 20 rings (SSSR count). The summed E-state index contributed by atoms with van der Waals surface area (Å²) in [6, 6.07) is 74.9. The molecular weight excluding hydrogens is 894 g/mol. The average molecular weight is 933 g/mol. The topological polar surface area (TPSA) is 19.7 Å². The molecule has 0 atom stereocenters. The summed E-state index contributed by atoms with van der Waals surface area (Å²) < 4.78 is 11.0. The zero-order chi connectivity index (χ0) is 47.7. The Hall–Kier alpha value is -9.25. The Balaban J connectivity index is 1.00. The monoisotopic (exact) mass is 932 g/mol. The van der Waals surface area contributed by atoms with Crippen molar-refractivity contribution in [3.05, 3.63) is 205 Å². The van der Waals surface area contributed by atoms with Gasteiger partial charge in [-0.15, -0.1) is 0 Å². The summed E-state index contributed by atoms with van der Waals surface area (Å²) in [7, 11) is 0. The number of hydrogen-bond acceptors (Lipinski definition) is 0. The van der Waals surface area contributed by atoms with Crippen LogP contribution in [-0.4, -0.2) is 31.8 Å². The van der Waals surface area contributed by atoms with Gasteiger partial charge in [0.25, 0.3) is 0 Å². The maximum atomic E-state index is 2.84. The molecule has 0 fully saturated rings. The highest BCUT2D eigenvalue weighted by Gasteiger charge is 2.47. The van der Waals surface area contributed by atoms with Gasteiger partial charge in [-0.05, 0) is 125 Å². The van der Waals surface area contributed by atoms with E-state index in [0.717, 1.165) is 0 Å². The molecule has 0 radical (unpaired) electrons. The second kappa shape index (κ2) is 12.3. The molecule has 0 amide bonds. The van der Waals surface area contributed by atoms with Crippen molar-refractivity contribution in [1.82, 2.24) is 18.1 Å². The molecule has 4 aliphatic rings. The molecule has 4 nitrogen and oxygen atoms in total. The van der Waals surface area contributed by atoms with Gasteiger partial charge in [0.1, 0.15) is 0 Å². The first-order valence-electron chi connectivity index (χ1n) is 26.3. The van der Waals surface area contributed by atoms with E-state index in [1.165, 1.54) is 186 Å². The predicted molar refractivity (Wildman–Crippen MR) is 315 cm³/mol. The van der Waals surface area contributed by atoms with Crippen molar-refractivity contribution in [2.24, 2.45) is 0 Å². The highest BCUT2D eigenvalue weighted by Crippen LogP contribution is 2.52. The Bertz CT molecular complexity index is 5150. The molecule has 0 unspecified atom stereocenters. The molecule has 8 heterocycles. The van der Waals surface area contributed by atoms with Crippen LogP contribution in [0.2, 0.25) is 0 Å². The van der Waals surface area contributed by atoms with Gasteiger partial charge in [-0.25, -0.2) is 0 Å². The van der Waals surface area contributed by atoms with Gasteiger partial charge in [0.05, 0.1) is 33.1 Å². The van der Waals surface area contributed by atoms with Crippen molar-refractivity contribution in [2.75, 3.05) is 0 Å². The van der Waals surface area contributed by atoms with E-state index in [9.17, 15) is 0 Å². The van der Waals surface area contributed by atoms with Crippen LogP contribution in [-0.2, 0) is 0 Å². The Morgan fingerprint density at radius 1 is 0.311 bits per heavy atom. The van der Waals surface area contributed by atoms with Crippen molar-refractivity contribution in [1.29, 1.82) is 0 Å². The molecule has 336 valence electrons. The summed E-state index contributed by atoms with van der Waals surface area (Å²) >= 11 is 0. The molecule has 0 aliphatic carbocycles. The minimum Gasteiger partial charge on any atom is -0.374 e. The second-order valence-electron chi connectivity index (χ2n) is 21.9. The normalized spacial score (nSPS) is 13.8. The van der Waals surface area contributed by atoms with Crippen LogP contribution < -0.4 is 21.9 Å². The van der Waals surface area contributed by atoms with Gasteiger partial charge in [-0.2, -0.15) is 0 Å². The first-order valence-corrected chi connectivity index (χ1v) is 26.3. The van der Waals surface area contributed by atoms with E-state index >= 15 is 0 Å². The Morgan fingerprint density at radius 2 is 0.703 bits per heavy atom. The third kappa shape index (κ3) is 3.93. The van der Waals surface area contributed by atoms with Crippen molar-refractivity contribution in [2.45, 2.75) is 13.8 Å². The van der Waals surface area contributed by atoms with Crippen molar-refractivity contribution >= 4 is 155 Å². The van der Waals surface area contributed by atoms with Crippen molar-refractivity contribution in [3.8, 4) is 33.6 Å². The lowest BCUT2D eigenvalue weighted by molar-refractivity contribution is 1.17. The van der Waals surface area contributed by atoms with E-state index in [2.05, 4.69) is 226 Å². The zero-order valence-corrected chi connectivity index (χ0v) is 40.4. The molecular formula is C68H38B2N4. The van der Waals surface area contributed by atoms with Gasteiger partial charge < -0.3 is 18.1 Å². The fraction of sp³-hybridized carbons (Fsp3) is 0.0294. The summed E-state index contributed by atoms with van der Waals surface area (Å²) in [4.78, 5) is 0. The van der Waals surface area contributed by atoms with Crippen molar-refractivity contribution < 1.29 is 0 Å². The molecule has 0 N–H and O–H groups in total. The Kier molecular flexibility index (Phi) is 6.25. The van der Waals surface area contributed by atoms with Gasteiger partial charge in [0, 0.05) is 65.9 Å². The third-order valence-corrected chi connectivity index (χ3v) is 18.7. The lowest BCUT2D eigenvalue weighted by atomic mass is 9.45. The van der Waals surface area contributed by atoms with E-state index in [4.69, 9.17) is 0 Å². The second-order valence-corrected chi connectivity index (χ2v) is 21.9. The van der Waals surface area contributed by atoms with Crippen LogP contribution in [0.15, 0.2) is 194 Å². The van der Waals surface area contributed by atoms with Gasteiger partial charge in [0.15, 0.2) is 0 Å². The lowest BCUT2D eigenvalue weighted by Gasteiger charge is -2.35. The fourth-order valence-electron chi connectivity index (χ4n) is 16.1. The molecule has 0 spiro atoms. The zero-order valence-electron chi connectivity index (χ0n) is 40.4. The van der Waals surface area contributed by atoms with Crippen LogP contribution in [0.3, 0.4) is 0 Å². The third-order valence-electron chi connectivity index (χ3n) is 18.7. The first-order chi connectivity index (χ1) is 36.6. The van der Waals surface area contributed by atoms with Gasteiger partial charge in [0.2, 0.25) is 0 Å². The van der Waals surface area contributed by atoms with Crippen molar-refractivity contribution in [3.63, 3.8) is 0 Å². The van der Waals surface area contributed by atoms with Gasteiger partial charge in [-0.3, -0.25) is 0 Å². The van der Waals surface area contributed by atoms with E-state index in [1.54, 1.807) is 0 Å². The summed E-state index contributed by atoms with van der Waals surface area (Å²) in [6.45, 7) is 4.52. The quantitative estimate of drug-likeness (QED) is 0.135. The van der Waals surface area contributed by atoms with Crippen LogP contribution in [0.4, 0.5) is 0 Å². The molecule has 0 saturated heterocycles. The summed E-state index contributed by atoms with van der Waals surface area (Å²) in [5, 5.41) is 18.3. The lowest BCUT2D eigenvalue weighted by Crippen LogP contribution is -2.55. The highest BCUT2D eigenvalue weighted by atomic mass is 15.1. The van der Waals surface area contributed by atoms with Crippen LogP contribution in [0.25, 0.3) is 153 Å². The number of aromatic nitrogens is 4. The largest absolute Gasteiger partial charge is 0.374 e. The molecule has 12 aromatic carbocycles. The van der Waals surface area contributed by atoms with Crippen LogP contribution >= 0.6 is 0 Å². The number of para-hydroxylation sites is 2. The molecule has 16 aromatic rings. The maximum absolute atomic E-state index is 2.84. The SMILES string of the molecule is Cc1ccc2c3c1-c1cccc4c1n(c1c5cccc6c5n(c41)B1c4c(ccc(C)c4-6)-n4c5ccc6ccccc6c5c5c6ccccc6cc1c54)B3c1cc3ccccc3c3c4c5ccccc5ccc4n-2c13. The number of hydrogen-bond donors (Lipinski definition) is 0. The van der Waals surface area contributed by atoms with Gasteiger partial charge >= 0.3 is 13.7 Å². The van der Waals surface area contributed by atoms with Crippen LogP contribution in [0.5, 0.6) is 0 Å². The Morgan fingerprint density at radius 3 is 1.15 bits per heavy atom. The summed E-state index contributed by atoms with van der Waals surface area (Å²) in [5.41, 5.74) is 26.6. The van der Waals surface area contributed by atoms with Crippen LogP contribution in [0.1, 0.15) is 11.1 Å². The number of aryl methyl sites for hydroxylation is 2. The number of fused-ring (bicyclic) bond motifs is 27. The number of benzene rings is 12. The van der Waals surface area contributed by atoms with Gasteiger partial charge in [-0.1, -0.05) is 170 Å². The van der Waals surface area contributed by atoms with E-state index in [1.807, 2.05) is 0 Å². The molecule has 74 heavy (non-hydrogen) atoms. The highest BCUT2D eigenvalue weighted by molar-refractivity contribution is 6.92. The Labute approximate surface area is 423 Å². The summed E-state index contributed by atoms with van der Waals surface area (Å²) in [6.07, 6.45) is 0. The minimum absolute atomic E-state index is 0.0809. The molecule has 4 aliphatic heterocycles. The smallest absolute Gasteiger partial charge is 0.333 e. The van der Waals surface area contributed by atoms with E-state index < -0.39 is 0 Å². The predicted octanol–water partition coefficient (Wildman–Crippen LogP) is 14.1.